The van der Waals surface area contributed by atoms with Crippen LogP contribution >= 0.6 is 0 Å². The number of benzene rings is 14. The molecule has 14 aromatic carbocycles. The standard InChI is InChI=1S/C98H58F6N14/c99-97(100,101)73-43-25-42-67(52-73)72-57-82(117-78-48-44-68(93-109-85(59-26-9-1-10-27-59)105-86(110-93)60-28-11-2-12-29-60)53-74(78)75-54-69(45-49-79(75)117)94-111-87(61-30-13-3-14-31-61)106-88(112-94)62-32-15-4-16-33-62)84(98(102,103)104)83(58-72)118-80-50-46-70(95-113-89(63-34-17-5-18-35-63)107-90(114-95)64-36-19-6-20-37-64)55-76(80)77-56-71(47-51-81(77)118)96-115-91(65-38-21-7-22-39-65)108-92(116-96)66-40-23-8-24-41-66/h1-58H. The number of hydrogen-bond acceptors (Lipinski definition) is 12. The summed E-state index contributed by atoms with van der Waals surface area (Å²) in [5.41, 5.74) is 5.77. The van der Waals surface area contributed by atoms with Crippen LogP contribution in [0.15, 0.2) is 352 Å². The summed E-state index contributed by atoms with van der Waals surface area (Å²) in [4.78, 5) is 60.7. The molecule has 0 N–H and O–H groups in total. The number of nitrogens with zero attached hydrogens (tertiary/aromatic N) is 14. The molecule has 0 radical (unpaired) electrons. The van der Waals surface area contributed by atoms with Gasteiger partial charge in [-0.25, -0.2) is 59.8 Å². The summed E-state index contributed by atoms with van der Waals surface area (Å²) in [5, 5.41) is 1.79. The lowest BCUT2D eigenvalue weighted by atomic mass is 9.97. The lowest BCUT2D eigenvalue weighted by Gasteiger charge is -2.23. The minimum Gasteiger partial charge on any atom is -0.309 e. The molecule has 0 atom stereocenters. The average molecular weight is 1550 g/mol. The third kappa shape index (κ3) is 13.5. The summed E-state index contributed by atoms with van der Waals surface area (Å²) < 4.78 is 103. The molecule has 0 aliphatic heterocycles. The van der Waals surface area contributed by atoms with Gasteiger partial charge in [0.25, 0.3) is 0 Å². The molecule has 562 valence electrons. The molecule has 6 heterocycles. The highest BCUT2D eigenvalue weighted by molar-refractivity contribution is 6.14. The highest BCUT2D eigenvalue weighted by Gasteiger charge is 2.41. The molecule has 0 saturated carbocycles. The van der Waals surface area contributed by atoms with E-state index in [1.54, 1.807) is 48.5 Å². The molecule has 20 heteroatoms. The Kier molecular flexibility index (Phi) is 17.8. The fraction of sp³-hybridized carbons (Fsp3) is 0.0204. The average Bonchev–Trinajstić information content (AvgIpc) is 1.54. The van der Waals surface area contributed by atoms with Crippen LogP contribution in [-0.4, -0.2) is 68.9 Å². The van der Waals surface area contributed by atoms with Gasteiger partial charge in [0.1, 0.15) is 5.56 Å². The van der Waals surface area contributed by atoms with Crippen molar-refractivity contribution in [1.29, 1.82) is 0 Å². The van der Waals surface area contributed by atoms with Crippen LogP contribution in [0.1, 0.15) is 11.1 Å². The Morgan fingerprint density at radius 3 is 0.576 bits per heavy atom. The van der Waals surface area contributed by atoms with Crippen LogP contribution in [0, 0.1) is 0 Å². The minimum atomic E-state index is -5.25. The first-order valence-electron chi connectivity index (χ1n) is 37.8. The largest absolute Gasteiger partial charge is 0.420 e. The van der Waals surface area contributed by atoms with Gasteiger partial charge in [0.2, 0.25) is 0 Å². The fourth-order valence-electron chi connectivity index (χ4n) is 15.2. The molecule has 14 nitrogen and oxygen atoms in total. The third-order valence-electron chi connectivity index (χ3n) is 20.7. The number of alkyl halides is 6. The van der Waals surface area contributed by atoms with Crippen LogP contribution < -0.4 is 0 Å². The first-order chi connectivity index (χ1) is 57.7. The Labute approximate surface area is 669 Å². The molecule has 0 spiro atoms. The predicted octanol–water partition coefficient (Wildman–Crippen LogP) is 24.3. The Hall–Kier alpha value is -15.7. The van der Waals surface area contributed by atoms with Gasteiger partial charge in [-0.1, -0.05) is 255 Å². The highest BCUT2D eigenvalue weighted by atomic mass is 19.4. The van der Waals surface area contributed by atoms with Crippen LogP contribution in [-0.2, 0) is 12.4 Å². The molecule has 0 unspecified atom stereocenters. The van der Waals surface area contributed by atoms with Gasteiger partial charge in [-0.2, -0.15) is 26.3 Å². The smallest absolute Gasteiger partial charge is 0.309 e. The molecule has 0 aliphatic rings. The molecule has 118 heavy (non-hydrogen) atoms. The highest BCUT2D eigenvalue weighted by Crippen LogP contribution is 2.49. The zero-order chi connectivity index (χ0) is 79.6. The zero-order valence-electron chi connectivity index (χ0n) is 62.0. The van der Waals surface area contributed by atoms with Crippen LogP contribution in [0.25, 0.3) is 203 Å². The Morgan fingerprint density at radius 2 is 0.373 bits per heavy atom. The maximum atomic E-state index is 18.1. The topological polar surface area (TPSA) is 165 Å². The monoisotopic (exact) mass is 1540 g/mol. The molecular weight excluding hydrogens is 1490 g/mol. The lowest BCUT2D eigenvalue weighted by Crippen LogP contribution is -2.16. The van der Waals surface area contributed by atoms with E-state index in [1.165, 1.54) is 33.4 Å². The van der Waals surface area contributed by atoms with E-state index < -0.39 is 34.9 Å². The lowest BCUT2D eigenvalue weighted by molar-refractivity contribution is -0.138. The number of hydrogen-bond donors (Lipinski definition) is 0. The maximum Gasteiger partial charge on any atom is 0.420 e. The number of aromatic nitrogens is 14. The van der Waals surface area contributed by atoms with Crippen molar-refractivity contribution in [2.24, 2.45) is 0 Å². The van der Waals surface area contributed by atoms with Gasteiger partial charge >= 0.3 is 12.4 Å². The van der Waals surface area contributed by atoms with Crippen LogP contribution in [0.5, 0.6) is 0 Å². The third-order valence-corrected chi connectivity index (χ3v) is 20.7. The Bertz CT molecular complexity index is 6250. The van der Waals surface area contributed by atoms with E-state index in [0.717, 1.165) is 12.1 Å². The first kappa shape index (κ1) is 71.3. The van der Waals surface area contributed by atoms with Gasteiger partial charge in [-0.15, -0.1) is 0 Å². The van der Waals surface area contributed by atoms with Gasteiger partial charge in [0.15, 0.2) is 69.9 Å². The summed E-state index contributed by atoms with van der Waals surface area (Å²) in [6.07, 6.45) is -10.1. The van der Waals surface area contributed by atoms with Crippen molar-refractivity contribution in [2.45, 2.75) is 12.4 Å². The van der Waals surface area contributed by atoms with E-state index >= 15 is 26.3 Å². The van der Waals surface area contributed by atoms with Crippen molar-refractivity contribution in [3.8, 4) is 159 Å². The molecule has 20 aromatic rings. The van der Waals surface area contributed by atoms with E-state index in [0.29, 0.717) is 135 Å². The molecule has 0 saturated heterocycles. The molecule has 0 fully saturated rings. The SMILES string of the molecule is FC(F)(F)c1cccc(-c2cc(-n3c4ccc(-c5nc(-c6ccccc6)nc(-c6ccccc6)n5)cc4c4cc(-c5nc(-c6ccccc6)nc(-c6ccccc6)n5)ccc43)c(C(F)(F)F)c(-n3c4ccc(-c5nc(-c6ccccc6)nc(-c6ccccc6)n5)cc4c4cc(-c5nc(-c6ccccc6)nc(-c6ccccc6)n5)ccc43)c2)c1. The van der Waals surface area contributed by atoms with Crippen molar-refractivity contribution < 1.29 is 26.3 Å². The molecule has 0 bridgehead atoms. The van der Waals surface area contributed by atoms with E-state index in [1.807, 2.05) is 267 Å². The van der Waals surface area contributed by atoms with Crippen molar-refractivity contribution in [2.75, 3.05) is 0 Å². The van der Waals surface area contributed by atoms with E-state index in [-0.39, 0.29) is 56.5 Å². The number of fused-ring (bicyclic) bond motifs is 6. The maximum absolute atomic E-state index is 18.1. The van der Waals surface area contributed by atoms with Gasteiger partial charge in [0, 0.05) is 88.3 Å². The Balaban J connectivity index is 0.878. The quantitative estimate of drug-likeness (QED) is 0.0894. The first-order valence-corrected chi connectivity index (χ1v) is 37.8. The second kappa shape index (κ2) is 29.4. The Morgan fingerprint density at radius 1 is 0.169 bits per heavy atom. The fourth-order valence-corrected chi connectivity index (χ4v) is 15.2. The molecule has 0 amide bonds. The summed E-state index contributed by atoms with van der Waals surface area (Å²) in [6, 6.07) is 104. The van der Waals surface area contributed by atoms with Gasteiger partial charge < -0.3 is 9.13 Å². The van der Waals surface area contributed by atoms with Crippen molar-refractivity contribution >= 4 is 43.6 Å². The second-order valence-corrected chi connectivity index (χ2v) is 28.2. The molecule has 0 aliphatic carbocycles. The summed E-state index contributed by atoms with van der Waals surface area (Å²) in [5.74, 6) is 4.04. The van der Waals surface area contributed by atoms with E-state index in [4.69, 9.17) is 59.8 Å². The number of halogens is 6. The van der Waals surface area contributed by atoms with Crippen molar-refractivity contribution in [3.05, 3.63) is 363 Å². The minimum absolute atomic E-state index is 0.0187. The summed E-state index contributed by atoms with van der Waals surface area (Å²) in [6.45, 7) is 0. The summed E-state index contributed by atoms with van der Waals surface area (Å²) in [7, 11) is 0. The van der Waals surface area contributed by atoms with Gasteiger partial charge in [0.05, 0.1) is 39.0 Å². The van der Waals surface area contributed by atoms with Crippen LogP contribution in [0.4, 0.5) is 26.3 Å². The second-order valence-electron chi connectivity index (χ2n) is 28.2. The molecule has 6 aromatic heterocycles. The van der Waals surface area contributed by atoms with Gasteiger partial charge in [-0.3, -0.25) is 0 Å². The number of rotatable bonds is 15. The van der Waals surface area contributed by atoms with E-state index in [2.05, 4.69) is 0 Å². The normalized spacial score (nSPS) is 11.8. The van der Waals surface area contributed by atoms with Crippen LogP contribution in [0.3, 0.4) is 0 Å². The van der Waals surface area contributed by atoms with Crippen LogP contribution in [0.2, 0.25) is 0 Å². The molecular formula is C98H58F6N14. The predicted molar refractivity (Wildman–Crippen MR) is 449 cm³/mol. The summed E-state index contributed by atoms with van der Waals surface area (Å²) >= 11 is 0. The molecule has 20 rings (SSSR count). The zero-order valence-corrected chi connectivity index (χ0v) is 62.0. The van der Waals surface area contributed by atoms with E-state index in [9.17, 15) is 0 Å². The van der Waals surface area contributed by atoms with Crippen molar-refractivity contribution in [3.63, 3.8) is 0 Å². The van der Waals surface area contributed by atoms with Crippen molar-refractivity contribution in [1.82, 2.24) is 68.9 Å². The van der Waals surface area contributed by atoms with Gasteiger partial charge in [-0.05, 0) is 108 Å².